The van der Waals surface area contributed by atoms with Crippen LogP contribution < -0.4 is 10.2 Å². The predicted molar refractivity (Wildman–Crippen MR) is 131 cm³/mol. The van der Waals surface area contributed by atoms with Crippen molar-refractivity contribution in [1.29, 1.82) is 0 Å². The lowest BCUT2D eigenvalue weighted by molar-refractivity contribution is 0.244. The number of allylic oxidation sites excluding steroid dienone is 1. The quantitative estimate of drug-likeness (QED) is 0.326. The molecule has 2 amide bonds. The summed E-state index contributed by atoms with van der Waals surface area (Å²) < 4.78 is 32.6. The van der Waals surface area contributed by atoms with Gasteiger partial charge >= 0.3 is 6.03 Å². The van der Waals surface area contributed by atoms with Gasteiger partial charge in [0, 0.05) is 16.2 Å². The molecule has 0 fully saturated rings. The Balaban J connectivity index is 1.65. The van der Waals surface area contributed by atoms with E-state index in [0.29, 0.717) is 28.1 Å². The Morgan fingerprint density at radius 1 is 1.00 bits per heavy atom. The Labute approximate surface area is 204 Å². The van der Waals surface area contributed by atoms with Gasteiger partial charge in [-0.1, -0.05) is 23.4 Å². The average molecular weight is 491 g/mol. The zero-order valence-corrected chi connectivity index (χ0v) is 19.6. The molecule has 6 nitrogen and oxygen atoms in total. The smallest absolute Gasteiger partial charge is 0.326 e. The second-order valence-corrected chi connectivity index (χ2v) is 8.78. The standard InChI is InChI=1S/C26H20F2N4O2S/c1-15-22(25-30-24(31-34-25)17-8-12-19(28)13-9-17)23(16-6-10-18(27)11-7-16)29-26(33)32(15)20-4-3-5-21(14-20)35-2/h3-14,23H,1-2H3,(H,29,33). The molecule has 9 heteroatoms. The van der Waals surface area contributed by atoms with E-state index in [1.807, 2.05) is 30.5 Å². The van der Waals surface area contributed by atoms with Crippen LogP contribution in [0.3, 0.4) is 0 Å². The van der Waals surface area contributed by atoms with Gasteiger partial charge in [0.2, 0.25) is 5.82 Å². The SMILES string of the molecule is CSc1cccc(N2C(=O)NC(c3ccc(F)cc3)C(c3nc(-c4ccc(F)cc4)no3)=C2C)c1. The largest absolute Gasteiger partial charge is 0.334 e. The number of nitrogens with one attached hydrogen (secondary N) is 1. The molecule has 0 bridgehead atoms. The molecular formula is C26H20F2N4O2S. The number of halogens is 2. The zero-order chi connectivity index (χ0) is 24.5. The van der Waals surface area contributed by atoms with E-state index in [0.717, 1.165) is 4.90 Å². The molecule has 0 aliphatic carbocycles. The maximum atomic E-state index is 13.6. The molecule has 0 saturated carbocycles. The number of carbonyl (C=O) groups excluding carboxylic acids is 1. The molecule has 1 atom stereocenters. The first-order valence-corrected chi connectivity index (χ1v) is 12.0. The van der Waals surface area contributed by atoms with Crippen LogP contribution in [0.2, 0.25) is 0 Å². The highest BCUT2D eigenvalue weighted by Crippen LogP contribution is 2.39. The van der Waals surface area contributed by atoms with Crippen LogP contribution in [0.4, 0.5) is 19.3 Å². The molecule has 2 heterocycles. The fraction of sp³-hybridized carbons (Fsp3) is 0.115. The van der Waals surface area contributed by atoms with Gasteiger partial charge in [-0.2, -0.15) is 4.98 Å². The molecule has 4 aromatic rings. The number of hydrogen-bond donors (Lipinski definition) is 1. The van der Waals surface area contributed by atoms with Gasteiger partial charge in [-0.3, -0.25) is 4.90 Å². The first-order chi connectivity index (χ1) is 16.9. The lowest BCUT2D eigenvalue weighted by atomic mass is 9.94. The molecule has 0 spiro atoms. The average Bonchev–Trinajstić information content (AvgIpc) is 3.34. The van der Waals surface area contributed by atoms with Gasteiger partial charge in [0.05, 0.1) is 17.3 Å². The number of aromatic nitrogens is 2. The van der Waals surface area contributed by atoms with E-state index in [2.05, 4.69) is 15.5 Å². The molecular weight excluding hydrogens is 470 g/mol. The van der Waals surface area contributed by atoms with Crippen LogP contribution in [0.1, 0.15) is 24.4 Å². The molecule has 1 unspecified atom stereocenters. The summed E-state index contributed by atoms with van der Waals surface area (Å²) >= 11 is 1.57. The molecule has 1 aliphatic rings. The Kier molecular flexibility index (Phi) is 6.08. The fourth-order valence-corrected chi connectivity index (χ4v) is 4.49. The number of anilines is 1. The van der Waals surface area contributed by atoms with Gasteiger partial charge < -0.3 is 9.84 Å². The van der Waals surface area contributed by atoms with E-state index in [-0.39, 0.29) is 29.4 Å². The molecule has 0 radical (unpaired) electrons. The van der Waals surface area contributed by atoms with Gasteiger partial charge in [-0.15, -0.1) is 11.8 Å². The molecule has 35 heavy (non-hydrogen) atoms. The van der Waals surface area contributed by atoms with Crippen LogP contribution >= 0.6 is 11.8 Å². The summed E-state index contributed by atoms with van der Waals surface area (Å²) in [6, 6.07) is 18.3. The third-order valence-corrected chi connectivity index (χ3v) is 6.48. The van der Waals surface area contributed by atoms with Crippen LogP contribution in [0.5, 0.6) is 0 Å². The van der Waals surface area contributed by atoms with Crippen LogP contribution in [0, 0.1) is 11.6 Å². The molecule has 1 aliphatic heterocycles. The minimum atomic E-state index is -0.649. The normalized spacial score (nSPS) is 15.9. The van der Waals surface area contributed by atoms with E-state index in [1.165, 1.54) is 24.3 Å². The number of carbonyl (C=O) groups is 1. The highest BCUT2D eigenvalue weighted by molar-refractivity contribution is 7.98. The molecule has 3 aromatic carbocycles. The molecule has 1 N–H and O–H groups in total. The summed E-state index contributed by atoms with van der Waals surface area (Å²) in [5.74, 6) is -0.274. The first kappa shape index (κ1) is 22.8. The van der Waals surface area contributed by atoms with E-state index < -0.39 is 6.04 Å². The van der Waals surface area contributed by atoms with Crippen LogP contribution in [0.25, 0.3) is 17.0 Å². The molecule has 1 aromatic heterocycles. The van der Waals surface area contributed by atoms with Crippen molar-refractivity contribution in [3.05, 3.63) is 102 Å². The van der Waals surface area contributed by atoms with Crippen molar-refractivity contribution in [3.8, 4) is 11.4 Å². The number of nitrogens with zero attached hydrogens (tertiary/aromatic N) is 3. The van der Waals surface area contributed by atoms with Crippen molar-refractivity contribution in [2.24, 2.45) is 0 Å². The number of rotatable bonds is 5. The number of hydrogen-bond acceptors (Lipinski definition) is 5. The Bertz CT molecular complexity index is 1420. The number of urea groups is 1. The summed E-state index contributed by atoms with van der Waals surface area (Å²) in [5, 5.41) is 7.07. The lowest BCUT2D eigenvalue weighted by Gasteiger charge is -2.35. The lowest BCUT2D eigenvalue weighted by Crippen LogP contribution is -2.46. The van der Waals surface area contributed by atoms with Crippen molar-refractivity contribution in [1.82, 2.24) is 15.5 Å². The Morgan fingerprint density at radius 3 is 2.37 bits per heavy atom. The van der Waals surface area contributed by atoms with Crippen molar-refractivity contribution in [2.45, 2.75) is 17.9 Å². The topological polar surface area (TPSA) is 71.3 Å². The molecule has 176 valence electrons. The summed E-state index contributed by atoms with van der Waals surface area (Å²) in [5.41, 5.74) is 3.10. The van der Waals surface area contributed by atoms with Gasteiger partial charge in [-0.25, -0.2) is 13.6 Å². The highest BCUT2D eigenvalue weighted by Gasteiger charge is 2.36. The van der Waals surface area contributed by atoms with Crippen molar-refractivity contribution < 1.29 is 18.1 Å². The van der Waals surface area contributed by atoms with E-state index in [1.54, 1.807) is 47.9 Å². The van der Waals surface area contributed by atoms with Crippen molar-refractivity contribution >= 4 is 29.1 Å². The maximum Gasteiger partial charge on any atom is 0.326 e. The van der Waals surface area contributed by atoms with Crippen molar-refractivity contribution in [3.63, 3.8) is 0 Å². The van der Waals surface area contributed by atoms with Gasteiger partial charge in [0.15, 0.2) is 0 Å². The van der Waals surface area contributed by atoms with Gasteiger partial charge in [-0.05, 0) is 73.3 Å². The van der Waals surface area contributed by atoms with E-state index in [9.17, 15) is 13.6 Å². The third kappa shape index (κ3) is 4.42. The minimum absolute atomic E-state index is 0.196. The molecule has 5 rings (SSSR count). The monoisotopic (exact) mass is 490 g/mol. The molecule has 0 saturated heterocycles. The van der Waals surface area contributed by atoms with Gasteiger partial charge in [0.25, 0.3) is 5.89 Å². The first-order valence-electron chi connectivity index (χ1n) is 10.8. The highest BCUT2D eigenvalue weighted by atomic mass is 32.2. The maximum absolute atomic E-state index is 13.6. The Hall–Kier alpha value is -3.98. The number of amides is 2. The fourth-order valence-electron chi connectivity index (χ4n) is 4.03. The second-order valence-electron chi connectivity index (χ2n) is 7.90. The van der Waals surface area contributed by atoms with Crippen LogP contribution in [0.15, 0.2) is 87.9 Å². The van der Waals surface area contributed by atoms with Crippen LogP contribution in [-0.2, 0) is 0 Å². The third-order valence-electron chi connectivity index (χ3n) is 5.76. The Morgan fingerprint density at radius 2 is 1.69 bits per heavy atom. The van der Waals surface area contributed by atoms with Crippen LogP contribution in [-0.4, -0.2) is 22.4 Å². The second kappa shape index (κ2) is 9.34. The van der Waals surface area contributed by atoms with E-state index in [4.69, 9.17) is 4.52 Å². The summed E-state index contributed by atoms with van der Waals surface area (Å²) in [7, 11) is 0. The van der Waals surface area contributed by atoms with Crippen molar-refractivity contribution in [2.75, 3.05) is 11.2 Å². The summed E-state index contributed by atoms with van der Waals surface area (Å²) in [6.07, 6.45) is 1.96. The van der Waals surface area contributed by atoms with Gasteiger partial charge in [0.1, 0.15) is 11.6 Å². The summed E-state index contributed by atoms with van der Waals surface area (Å²) in [6.45, 7) is 1.80. The number of benzene rings is 3. The number of thioether (sulfide) groups is 1. The van der Waals surface area contributed by atoms with E-state index >= 15 is 0 Å². The summed E-state index contributed by atoms with van der Waals surface area (Å²) in [4.78, 5) is 20.4. The zero-order valence-electron chi connectivity index (χ0n) is 18.8. The minimum Gasteiger partial charge on any atom is -0.334 e. The predicted octanol–water partition coefficient (Wildman–Crippen LogP) is 6.44.